The number of imidazole rings is 1. The molecule has 0 saturated heterocycles. The van der Waals surface area contributed by atoms with Gasteiger partial charge in [0, 0.05) is 36.4 Å². The van der Waals surface area contributed by atoms with Gasteiger partial charge in [-0.15, -0.1) is 0 Å². The number of rotatable bonds is 5. The first-order valence-corrected chi connectivity index (χ1v) is 10.4. The predicted octanol–water partition coefficient (Wildman–Crippen LogP) is 4.31. The van der Waals surface area contributed by atoms with E-state index in [1.54, 1.807) is 19.2 Å². The summed E-state index contributed by atoms with van der Waals surface area (Å²) in [6, 6.07) is 23.3. The van der Waals surface area contributed by atoms with Crippen LogP contribution in [0.1, 0.15) is 21.7 Å². The van der Waals surface area contributed by atoms with E-state index >= 15 is 0 Å². The summed E-state index contributed by atoms with van der Waals surface area (Å²) >= 11 is 0. The quantitative estimate of drug-likeness (QED) is 0.531. The first kappa shape index (κ1) is 19.3. The molecule has 0 unspecified atom stereocenters. The van der Waals surface area contributed by atoms with Crippen LogP contribution in [0.2, 0.25) is 0 Å². The van der Waals surface area contributed by atoms with Gasteiger partial charge < -0.3 is 14.6 Å². The molecule has 156 valence electrons. The average molecular weight is 412 g/mol. The molecule has 0 bridgehead atoms. The number of nitrogens with zero attached hydrogens (tertiary/aromatic N) is 3. The van der Waals surface area contributed by atoms with Crippen molar-refractivity contribution >= 4 is 22.6 Å². The van der Waals surface area contributed by atoms with Gasteiger partial charge >= 0.3 is 0 Å². The topological polar surface area (TPSA) is 59.4 Å². The molecule has 1 aliphatic heterocycles. The highest BCUT2D eigenvalue weighted by Crippen LogP contribution is 2.27. The van der Waals surface area contributed by atoms with Crippen LogP contribution in [0.4, 0.5) is 5.69 Å². The molecule has 1 aromatic heterocycles. The first-order valence-electron chi connectivity index (χ1n) is 10.4. The summed E-state index contributed by atoms with van der Waals surface area (Å²) in [7, 11) is 1.68. The number of nitrogens with one attached hydrogen (secondary N) is 1. The van der Waals surface area contributed by atoms with Gasteiger partial charge in [-0.05, 0) is 42.5 Å². The van der Waals surface area contributed by atoms with Gasteiger partial charge in [-0.3, -0.25) is 9.69 Å². The van der Waals surface area contributed by atoms with Crippen molar-refractivity contribution in [3.8, 4) is 5.75 Å². The maximum Gasteiger partial charge on any atom is 0.255 e. The number of carbonyl (C=O) groups is 1. The van der Waals surface area contributed by atoms with Crippen molar-refractivity contribution in [3.05, 3.63) is 89.7 Å². The van der Waals surface area contributed by atoms with Gasteiger partial charge in [0.25, 0.3) is 5.91 Å². The van der Waals surface area contributed by atoms with Crippen LogP contribution < -0.4 is 10.1 Å². The summed E-state index contributed by atoms with van der Waals surface area (Å²) in [5.74, 6) is 1.78. The Morgan fingerprint density at radius 1 is 1.03 bits per heavy atom. The van der Waals surface area contributed by atoms with Gasteiger partial charge in [0.05, 0.1) is 24.7 Å². The zero-order chi connectivity index (χ0) is 21.2. The zero-order valence-electron chi connectivity index (χ0n) is 17.4. The molecule has 5 rings (SSSR count). The Hall–Kier alpha value is -3.64. The number of methoxy groups -OCH3 is 1. The average Bonchev–Trinajstić information content (AvgIpc) is 3.17. The molecule has 0 radical (unpaired) electrons. The van der Waals surface area contributed by atoms with E-state index in [4.69, 9.17) is 9.72 Å². The van der Waals surface area contributed by atoms with Crippen LogP contribution in [0.25, 0.3) is 11.0 Å². The number of ether oxygens (including phenoxy) is 1. The molecule has 3 aromatic carbocycles. The number of anilines is 1. The number of para-hydroxylation sites is 2. The SMILES string of the molecule is COc1ccc(NC(=O)c2ccccc2)cc1CN1CCn2c(nc3ccccc32)C1. The third kappa shape index (κ3) is 3.90. The van der Waals surface area contributed by atoms with E-state index in [9.17, 15) is 4.79 Å². The van der Waals surface area contributed by atoms with E-state index in [-0.39, 0.29) is 5.91 Å². The van der Waals surface area contributed by atoms with Crippen LogP contribution in [0.15, 0.2) is 72.8 Å². The second kappa shape index (κ2) is 8.24. The highest BCUT2D eigenvalue weighted by Gasteiger charge is 2.21. The van der Waals surface area contributed by atoms with Gasteiger partial charge in [-0.2, -0.15) is 0 Å². The molecule has 0 spiro atoms. The smallest absolute Gasteiger partial charge is 0.255 e. The number of carbonyl (C=O) groups excluding carboxylic acids is 1. The lowest BCUT2D eigenvalue weighted by Crippen LogP contribution is -2.33. The molecule has 0 saturated carbocycles. The molecular weight excluding hydrogens is 388 g/mol. The monoisotopic (exact) mass is 412 g/mol. The Balaban J connectivity index is 1.35. The number of benzene rings is 3. The van der Waals surface area contributed by atoms with E-state index in [0.29, 0.717) is 5.56 Å². The number of fused-ring (bicyclic) bond motifs is 3. The Bertz CT molecular complexity index is 1230. The van der Waals surface area contributed by atoms with Gasteiger partial charge in [0.1, 0.15) is 11.6 Å². The molecule has 1 N–H and O–H groups in total. The Morgan fingerprint density at radius 2 is 1.84 bits per heavy atom. The molecule has 1 amide bonds. The molecule has 6 nitrogen and oxygen atoms in total. The van der Waals surface area contributed by atoms with Crippen molar-refractivity contribution in [1.29, 1.82) is 0 Å². The Labute approximate surface area is 181 Å². The molecular formula is C25H24N4O2. The van der Waals surface area contributed by atoms with E-state index in [2.05, 4.69) is 33.0 Å². The maximum atomic E-state index is 12.5. The van der Waals surface area contributed by atoms with Crippen LogP contribution in [0.5, 0.6) is 5.75 Å². The van der Waals surface area contributed by atoms with Crippen LogP contribution in [-0.2, 0) is 19.6 Å². The molecule has 2 heterocycles. The van der Waals surface area contributed by atoms with Crippen molar-refractivity contribution in [1.82, 2.24) is 14.5 Å². The molecule has 0 atom stereocenters. The molecule has 4 aromatic rings. The standard InChI is InChI=1S/C25H24N4O2/c1-31-23-12-11-20(26-25(30)18-7-3-2-4-8-18)15-19(23)16-28-13-14-29-22-10-6-5-9-21(22)27-24(29)17-28/h2-12,15H,13-14,16-17H2,1H3,(H,26,30). The predicted molar refractivity (Wildman–Crippen MR) is 121 cm³/mol. The van der Waals surface area contributed by atoms with Gasteiger partial charge in [-0.25, -0.2) is 4.98 Å². The normalized spacial score (nSPS) is 13.7. The maximum absolute atomic E-state index is 12.5. The summed E-state index contributed by atoms with van der Waals surface area (Å²) in [6.07, 6.45) is 0. The minimum absolute atomic E-state index is 0.122. The van der Waals surface area contributed by atoms with Crippen LogP contribution in [-0.4, -0.2) is 34.0 Å². The van der Waals surface area contributed by atoms with Crippen molar-refractivity contribution in [2.24, 2.45) is 0 Å². The summed E-state index contributed by atoms with van der Waals surface area (Å²) in [4.78, 5) is 19.7. The highest BCUT2D eigenvalue weighted by atomic mass is 16.5. The van der Waals surface area contributed by atoms with Crippen molar-refractivity contribution in [2.75, 3.05) is 19.0 Å². The number of hydrogen-bond donors (Lipinski definition) is 1. The fourth-order valence-electron chi connectivity index (χ4n) is 4.16. The number of hydrogen-bond acceptors (Lipinski definition) is 4. The minimum Gasteiger partial charge on any atom is -0.496 e. The van der Waals surface area contributed by atoms with Crippen LogP contribution in [0.3, 0.4) is 0 Å². The first-order chi connectivity index (χ1) is 15.2. The lowest BCUT2D eigenvalue weighted by Gasteiger charge is -2.28. The molecule has 0 aliphatic carbocycles. The summed E-state index contributed by atoms with van der Waals surface area (Å²) in [5, 5.41) is 2.99. The largest absolute Gasteiger partial charge is 0.496 e. The molecule has 1 aliphatic rings. The van der Waals surface area contributed by atoms with E-state index in [1.165, 1.54) is 5.52 Å². The number of aromatic nitrogens is 2. The Morgan fingerprint density at radius 3 is 2.68 bits per heavy atom. The van der Waals surface area contributed by atoms with E-state index in [0.717, 1.165) is 54.5 Å². The van der Waals surface area contributed by atoms with Crippen LogP contribution >= 0.6 is 0 Å². The highest BCUT2D eigenvalue weighted by molar-refractivity contribution is 6.04. The van der Waals surface area contributed by atoms with Crippen molar-refractivity contribution in [2.45, 2.75) is 19.6 Å². The summed E-state index contributed by atoms with van der Waals surface area (Å²) < 4.78 is 7.89. The van der Waals surface area contributed by atoms with Gasteiger partial charge in [-0.1, -0.05) is 30.3 Å². The minimum atomic E-state index is -0.122. The zero-order valence-corrected chi connectivity index (χ0v) is 17.4. The third-order valence-electron chi connectivity index (χ3n) is 5.71. The fourth-order valence-corrected chi connectivity index (χ4v) is 4.16. The van der Waals surface area contributed by atoms with Gasteiger partial charge in [0.15, 0.2) is 0 Å². The van der Waals surface area contributed by atoms with Crippen molar-refractivity contribution < 1.29 is 9.53 Å². The lowest BCUT2D eigenvalue weighted by molar-refractivity contribution is 0.102. The summed E-state index contributed by atoms with van der Waals surface area (Å²) in [5.41, 5.74) is 4.67. The second-order valence-corrected chi connectivity index (χ2v) is 7.73. The third-order valence-corrected chi connectivity index (χ3v) is 5.71. The second-order valence-electron chi connectivity index (χ2n) is 7.73. The fraction of sp³-hybridized carbons (Fsp3) is 0.200. The Kier molecular flexibility index (Phi) is 5.14. The van der Waals surface area contributed by atoms with E-state index in [1.807, 2.05) is 42.5 Å². The van der Waals surface area contributed by atoms with E-state index < -0.39 is 0 Å². The van der Waals surface area contributed by atoms with Crippen LogP contribution in [0, 0.1) is 0 Å². The molecule has 31 heavy (non-hydrogen) atoms. The molecule has 6 heteroatoms. The lowest BCUT2D eigenvalue weighted by atomic mass is 10.1. The number of amides is 1. The van der Waals surface area contributed by atoms with Gasteiger partial charge in [0.2, 0.25) is 0 Å². The molecule has 0 fully saturated rings. The van der Waals surface area contributed by atoms with Crippen molar-refractivity contribution in [3.63, 3.8) is 0 Å². The summed E-state index contributed by atoms with van der Waals surface area (Å²) in [6.45, 7) is 3.33.